The summed E-state index contributed by atoms with van der Waals surface area (Å²) in [5.74, 6) is 0.354. The van der Waals surface area contributed by atoms with Gasteiger partial charge in [0.2, 0.25) is 0 Å². The number of fused-ring (bicyclic) bond motifs is 1. The molecule has 0 bridgehead atoms. The second-order valence-electron chi connectivity index (χ2n) is 6.56. The van der Waals surface area contributed by atoms with Crippen LogP contribution in [0.4, 0.5) is 0 Å². The van der Waals surface area contributed by atoms with Gasteiger partial charge in [0.25, 0.3) is 5.91 Å². The van der Waals surface area contributed by atoms with Crippen molar-refractivity contribution in [3.63, 3.8) is 0 Å². The van der Waals surface area contributed by atoms with Crippen LogP contribution in [-0.4, -0.2) is 16.9 Å². The lowest BCUT2D eigenvalue weighted by atomic mass is 10.0. The summed E-state index contributed by atoms with van der Waals surface area (Å²) < 4.78 is 0. The SMILES string of the molecule is Cc1ccc2nc(-c3cccs3)cc(C(=O)NC(C)C(C)C)c2c1. The molecule has 1 N–H and O–H groups in total. The van der Waals surface area contributed by atoms with Crippen LogP contribution in [0.1, 0.15) is 36.7 Å². The number of nitrogens with zero attached hydrogens (tertiary/aromatic N) is 1. The Hall–Kier alpha value is -2.20. The van der Waals surface area contributed by atoms with Crippen molar-refractivity contribution < 1.29 is 4.79 Å². The van der Waals surface area contributed by atoms with Crippen LogP contribution >= 0.6 is 11.3 Å². The molecule has 124 valence electrons. The van der Waals surface area contributed by atoms with Gasteiger partial charge in [-0.1, -0.05) is 31.5 Å². The van der Waals surface area contributed by atoms with E-state index in [1.54, 1.807) is 11.3 Å². The Labute approximate surface area is 146 Å². The lowest BCUT2D eigenvalue weighted by Gasteiger charge is -2.18. The average Bonchev–Trinajstić information content (AvgIpc) is 3.08. The van der Waals surface area contributed by atoms with Crippen LogP contribution in [0.3, 0.4) is 0 Å². The first-order valence-corrected chi connectivity index (χ1v) is 9.10. The molecule has 0 aliphatic carbocycles. The first-order chi connectivity index (χ1) is 11.5. The van der Waals surface area contributed by atoms with E-state index in [0.717, 1.165) is 27.0 Å². The van der Waals surface area contributed by atoms with Crippen LogP contribution < -0.4 is 5.32 Å². The summed E-state index contributed by atoms with van der Waals surface area (Å²) in [6, 6.07) is 12.1. The van der Waals surface area contributed by atoms with Crippen LogP contribution in [0, 0.1) is 12.8 Å². The molecule has 0 spiro atoms. The average molecular weight is 338 g/mol. The van der Waals surface area contributed by atoms with Gasteiger partial charge < -0.3 is 5.32 Å². The van der Waals surface area contributed by atoms with E-state index >= 15 is 0 Å². The lowest BCUT2D eigenvalue weighted by molar-refractivity contribution is 0.0932. The molecule has 1 amide bonds. The Morgan fingerprint density at radius 1 is 1.17 bits per heavy atom. The molecule has 0 saturated carbocycles. The van der Waals surface area contributed by atoms with E-state index in [-0.39, 0.29) is 11.9 Å². The molecule has 0 aliphatic heterocycles. The Bertz CT molecular complexity index is 869. The van der Waals surface area contributed by atoms with Crippen molar-refractivity contribution in [2.75, 3.05) is 0 Å². The first kappa shape index (κ1) is 16.7. The van der Waals surface area contributed by atoms with E-state index in [2.05, 4.69) is 19.2 Å². The van der Waals surface area contributed by atoms with Crippen molar-refractivity contribution in [2.24, 2.45) is 5.92 Å². The predicted octanol–water partition coefficient (Wildman–Crippen LogP) is 5.05. The van der Waals surface area contributed by atoms with E-state index in [0.29, 0.717) is 11.5 Å². The van der Waals surface area contributed by atoms with E-state index in [4.69, 9.17) is 4.98 Å². The van der Waals surface area contributed by atoms with Crippen molar-refractivity contribution in [3.8, 4) is 10.6 Å². The van der Waals surface area contributed by atoms with Crippen molar-refractivity contribution in [2.45, 2.75) is 33.7 Å². The van der Waals surface area contributed by atoms with Crippen LogP contribution in [0.2, 0.25) is 0 Å². The van der Waals surface area contributed by atoms with Gasteiger partial charge in [-0.2, -0.15) is 0 Å². The van der Waals surface area contributed by atoms with Crippen LogP contribution in [0.25, 0.3) is 21.5 Å². The minimum Gasteiger partial charge on any atom is -0.349 e. The maximum absolute atomic E-state index is 12.9. The highest BCUT2D eigenvalue weighted by molar-refractivity contribution is 7.13. The molecule has 3 nitrogen and oxygen atoms in total. The highest BCUT2D eigenvalue weighted by atomic mass is 32.1. The standard InChI is InChI=1S/C20H22N2OS/c1-12(2)14(4)21-20(23)16-11-18(19-6-5-9-24-19)22-17-8-7-13(3)10-15(16)17/h5-12,14H,1-4H3,(H,21,23). The molecule has 4 heteroatoms. The normalized spacial score (nSPS) is 12.5. The topological polar surface area (TPSA) is 42.0 Å². The molecule has 0 saturated heterocycles. The molecule has 0 radical (unpaired) electrons. The highest BCUT2D eigenvalue weighted by Crippen LogP contribution is 2.28. The number of benzene rings is 1. The number of carbonyl (C=O) groups excluding carboxylic acids is 1. The molecule has 1 unspecified atom stereocenters. The summed E-state index contributed by atoms with van der Waals surface area (Å²) in [5, 5.41) is 6.05. The fourth-order valence-electron chi connectivity index (χ4n) is 2.53. The molecule has 0 aliphatic rings. The van der Waals surface area contributed by atoms with Crippen LogP contribution in [0.5, 0.6) is 0 Å². The third-order valence-corrected chi connectivity index (χ3v) is 5.23. The molecule has 1 aromatic carbocycles. The second kappa shape index (κ2) is 6.73. The molecule has 3 aromatic rings. The fourth-order valence-corrected chi connectivity index (χ4v) is 3.22. The van der Waals surface area contributed by atoms with Crippen molar-refractivity contribution >= 4 is 28.1 Å². The second-order valence-corrected chi connectivity index (χ2v) is 7.51. The minimum atomic E-state index is -0.0352. The van der Waals surface area contributed by atoms with Crippen molar-refractivity contribution in [1.29, 1.82) is 0 Å². The fraction of sp³-hybridized carbons (Fsp3) is 0.300. The van der Waals surface area contributed by atoms with Gasteiger partial charge in [-0.15, -0.1) is 11.3 Å². The molecular weight excluding hydrogens is 316 g/mol. The molecular formula is C20H22N2OS. The van der Waals surface area contributed by atoms with Gasteiger partial charge in [-0.3, -0.25) is 4.79 Å². The Kier molecular flexibility index (Phi) is 4.67. The van der Waals surface area contributed by atoms with Gasteiger partial charge in [-0.05, 0) is 49.4 Å². The van der Waals surface area contributed by atoms with Gasteiger partial charge in [0.1, 0.15) is 0 Å². The minimum absolute atomic E-state index is 0.0352. The third-order valence-electron chi connectivity index (χ3n) is 4.34. The predicted molar refractivity (Wildman–Crippen MR) is 102 cm³/mol. The maximum Gasteiger partial charge on any atom is 0.252 e. The monoisotopic (exact) mass is 338 g/mol. The Morgan fingerprint density at radius 3 is 2.62 bits per heavy atom. The van der Waals surface area contributed by atoms with Crippen LogP contribution in [0.15, 0.2) is 41.8 Å². The summed E-state index contributed by atoms with van der Waals surface area (Å²) in [6.07, 6.45) is 0. The van der Waals surface area contributed by atoms with Crippen LogP contribution in [-0.2, 0) is 0 Å². The summed E-state index contributed by atoms with van der Waals surface area (Å²) >= 11 is 1.63. The summed E-state index contributed by atoms with van der Waals surface area (Å²) in [5.41, 5.74) is 3.52. The number of aryl methyl sites for hydroxylation is 1. The largest absolute Gasteiger partial charge is 0.349 e. The van der Waals surface area contributed by atoms with Gasteiger partial charge in [0.05, 0.1) is 21.7 Å². The number of nitrogens with one attached hydrogen (secondary N) is 1. The number of thiophene rings is 1. The summed E-state index contributed by atoms with van der Waals surface area (Å²) in [4.78, 5) is 18.7. The molecule has 2 heterocycles. The number of amides is 1. The maximum atomic E-state index is 12.9. The number of hydrogen-bond donors (Lipinski definition) is 1. The zero-order valence-electron chi connectivity index (χ0n) is 14.5. The number of hydrogen-bond acceptors (Lipinski definition) is 3. The summed E-state index contributed by atoms with van der Waals surface area (Å²) in [7, 11) is 0. The van der Waals surface area contributed by atoms with E-state index < -0.39 is 0 Å². The highest BCUT2D eigenvalue weighted by Gasteiger charge is 2.17. The number of pyridine rings is 1. The smallest absolute Gasteiger partial charge is 0.252 e. The van der Waals surface area contributed by atoms with E-state index in [1.165, 1.54) is 0 Å². The van der Waals surface area contributed by atoms with E-state index in [1.807, 2.05) is 55.6 Å². The van der Waals surface area contributed by atoms with Gasteiger partial charge in [0.15, 0.2) is 0 Å². The number of aromatic nitrogens is 1. The quantitative estimate of drug-likeness (QED) is 0.723. The molecule has 1 atom stereocenters. The first-order valence-electron chi connectivity index (χ1n) is 8.22. The zero-order valence-corrected chi connectivity index (χ0v) is 15.3. The van der Waals surface area contributed by atoms with Crippen molar-refractivity contribution in [3.05, 3.63) is 52.9 Å². The number of rotatable bonds is 4. The van der Waals surface area contributed by atoms with Gasteiger partial charge >= 0.3 is 0 Å². The van der Waals surface area contributed by atoms with Crippen molar-refractivity contribution in [1.82, 2.24) is 10.3 Å². The van der Waals surface area contributed by atoms with E-state index in [9.17, 15) is 4.79 Å². The lowest BCUT2D eigenvalue weighted by Crippen LogP contribution is -2.36. The third kappa shape index (κ3) is 3.34. The van der Waals surface area contributed by atoms with Gasteiger partial charge in [0, 0.05) is 11.4 Å². The Morgan fingerprint density at radius 2 is 1.96 bits per heavy atom. The molecule has 0 fully saturated rings. The summed E-state index contributed by atoms with van der Waals surface area (Å²) in [6.45, 7) is 8.29. The zero-order chi connectivity index (χ0) is 17.3. The number of carbonyl (C=O) groups is 1. The Balaban J connectivity index is 2.13. The van der Waals surface area contributed by atoms with Gasteiger partial charge in [-0.25, -0.2) is 4.98 Å². The molecule has 3 rings (SSSR count). The molecule has 24 heavy (non-hydrogen) atoms. The molecule has 2 aromatic heterocycles.